The highest BCUT2D eigenvalue weighted by Gasteiger charge is 2.28. The summed E-state index contributed by atoms with van der Waals surface area (Å²) in [6.07, 6.45) is 7.87. The lowest BCUT2D eigenvalue weighted by Gasteiger charge is -2.34. The molecular formula is C22H28FN3O2. The molecule has 1 aromatic heterocycles. The lowest BCUT2D eigenvalue weighted by atomic mass is 9.98. The second kappa shape index (κ2) is 8.86. The summed E-state index contributed by atoms with van der Waals surface area (Å²) in [5, 5.41) is 0. The van der Waals surface area contributed by atoms with Crippen molar-refractivity contribution in [3.05, 3.63) is 53.5 Å². The molecular weight excluding hydrogens is 357 g/mol. The van der Waals surface area contributed by atoms with Gasteiger partial charge in [0.2, 0.25) is 5.91 Å². The predicted octanol–water partition coefficient (Wildman–Crippen LogP) is 3.60. The van der Waals surface area contributed by atoms with E-state index >= 15 is 0 Å². The Morgan fingerprint density at radius 1 is 1.18 bits per heavy atom. The zero-order valence-corrected chi connectivity index (χ0v) is 16.3. The molecule has 0 radical (unpaired) electrons. The van der Waals surface area contributed by atoms with Gasteiger partial charge < -0.3 is 9.32 Å². The van der Waals surface area contributed by atoms with Crippen molar-refractivity contribution in [3.8, 4) is 0 Å². The number of amides is 1. The Labute approximate surface area is 165 Å². The smallest absolute Gasteiger partial charge is 0.236 e. The molecule has 0 N–H and O–H groups in total. The molecule has 0 aliphatic carbocycles. The number of benzene rings is 1. The second-order valence-corrected chi connectivity index (χ2v) is 7.99. The summed E-state index contributed by atoms with van der Waals surface area (Å²) in [5.41, 5.74) is 0.865. The van der Waals surface area contributed by atoms with Gasteiger partial charge in [-0.25, -0.2) is 9.37 Å². The van der Waals surface area contributed by atoms with E-state index in [1.54, 1.807) is 12.3 Å². The Kier molecular flexibility index (Phi) is 6.05. The largest absolute Gasteiger partial charge is 0.445 e. The third-order valence-corrected chi connectivity index (χ3v) is 5.77. The number of hydrogen-bond acceptors (Lipinski definition) is 4. The average molecular weight is 385 g/mol. The van der Waals surface area contributed by atoms with Crippen molar-refractivity contribution in [3.63, 3.8) is 0 Å². The number of halogens is 1. The maximum Gasteiger partial charge on any atom is 0.236 e. The first-order chi connectivity index (χ1) is 13.7. The van der Waals surface area contributed by atoms with Crippen LogP contribution in [0.25, 0.3) is 0 Å². The Hall–Kier alpha value is -2.21. The number of oxazole rings is 1. The first kappa shape index (κ1) is 19.1. The molecule has 2 saturated heterocycles. The molecule has 0 saturated carbocycles. The van der Waals surface area contributed by atoms with E-state index in [0.29, 0.717) is 25.4 Å². The molecule has 1 atom stereocenters. The summed E-state index contributed by atoms with van der Waals surface area (Å²) in [7, 11) is 0. The first-order valence-corrected chi connectivity index (χ1v) is 10.4. The molecule has 4 rings (SSSR count). The minimum Gasteiger partial charge on any atom is -0.445 e. The van der Waals surface area contributed by atoms with E-state index in [1.807, 2.05) is 11.0 Å². The zero-order valence-electron chi connectivity index (χ0n) is 16.3. The van der Waals surface area contributed by atoms with E-state index < -0.39 is 0 Å². The lowest BCUT2D eigenvalue weighted by Crippen LogP contribution is -2.45. The van der Waals surface area contributed by atoms with Gasteiger partial charge in [-0.15, -0.1) is 0 Å². The summed E-state index contributed by atoms with van der Waals surface area (Å²) in [6.45, 7) is 4.09. The summed E-state index contributed by atoms with van der Waals surface area (Å²) >= 11 is 0. The fourth-order valence-corrected chi connectivity index (χ4v) is 4.26. The fraction of sp³-hybridized carbons (Fsp3) is 0.545. The van der Waals surface area contributed by atoms with Crippen molar-refractivity contribution in [2.75, 3.05) is 32.7 Å². The van der Waals surface area contributed by atoms with Crippen LogP contribution in [0.4, 0.5) is 4.39 Å². The van der Waals surface area contributed by atoms with E-state index in [1.165, 1.54) is 31.4 Å². The normalized spacial score (nSPS) is 21.0. The van der Waals surface area contributed by atoms with Crippen molar-refractivity contribution in [1.82, 2.24) is 14.8 Å². The van der Waals surface area contributed by atoms with Crippen molar-refractivity contribution in [2.45, 2.75) is 44.4 Å². The lowest BCUT2D eigenvalue weighted by molar-refractivity contribution is -0.134. The Balaban J connectivity index is 1.35. The van der Waals surface area contributed by atoms with Crippen LogP contribution in [-0.4, -0.2) is 53.4 Å². The molecule has 5 nitrogen and oxygen atoms in total. The van der Waals surface area contributed by atoms with Gasteiger partial charge in [0.15, 0.2) is 5.89 Å². The molecule has 28 heavy (non-hydrogen) atoms. The molecule has 2 fully saturated rings. The molecule has 1 aromatic carbocycles. The van der Waals surface area contributed by atoms with Gasteiger partial charge in [-0.2, -0.15) is 0 Å². The van der Waals surface area contributed by atoms with E-state index in [4.69, 9.17) is 4.42 Å². The molecule has 1 amide bonds. The van der Waals surface area contributed by atoms with E-state index in [0.717, 1.165) is 43.8 Å². The molecule has 0 spiro atoms. The molecule has 2 aliphatic rings. The molecule has 6 heteroatoms. The van der Waals surface area contributed by atoms with Gasteiger partial charge in [-0.3, -0.25) is 9.69 Å². The van der Waals surface area contributed by atoms with Crippen LogP contribution in [0.2, 0.25) is 0 Å². The van der Waals surface area contributed by atoms with Crippen LogP contribution in [0.15, 0.2) is 34.9 Å². The Morgan fingerprint density at radius 3 is 2.86 bits per heavy atom. The number of aromatic nitrogens is 1. The fourth-order valence-electron chi connectivity index (χ4n) is 4.26. The van der Waals surface area contributed by atoms with Crippen LogP contribution in [0.3, 0.4) is 0 Å². The highest BCUT2D eigenvalue weighted by Crippen LogP contribution is 2.27. The third-order valence-electron chi connectivity index (χ3n) is 5.77. The van der Waals surface area contributed by atoms with Gasteiger partial charge >= 0.3 is 0 Å². The third kappa shape index (κ3) is 4.79. The SMILES string of the molecule is O=C(CN1CCCCC1)N1CCC[C@@H](c2ncc(Cc3cccc(F)c3)o2)C1. The molecule has 150 valence electrons. The zero-order chi connectivity index (χ0) is 19.3. The molecule has 2 aromatic rings. The maximum absolute atomic E-state index is 13.4. The highest BCUT2D eigenvalue weighted by molar-refractivity contribution is 5.78. The maximum atomic E-state index is 13.4. The monoisotopic (exact) mass is 385 g/mol. The average Bonchev–Trinajstić information content (AvgIpc) is 3.17. The molecule has 3 heterocycles. The Bertz CT molecular complexity index is 801. The van der Waals surface area contributed by atoms with Gasteiger partial charge in [0, 0.05) is 19.5 Å². The van der Waals surface area contributed by atoms with Gasteiger partial charge in [0.1, 0.15) is 11.6 Å². The number of nitrogens with zero attached hydrogens (tertiary/aromatic N) is 3. The van der Waals surface area contributed by atoms with Crippen molar-refractivity contribution >= 4 is 5.91 Å². The first-order valence-electron chi connectivity index (χ1n) is 10.4. The van der Waals surface area contributed by atoms with Gasteiger partial charge in [0.05, 0.1) is 18.7 Å². The van der Waals surface area contributed by atoms with Crippen LogP contribution in [-0.2, 0) is 11.2 Å². The van der Waals surface area contributed by atoms with Gasteiger partial charge in [-0.05, 0) is 56.5 Å². The molecule has 0 bridgehead atoms. The van der Waals surface area contributed by atoms with Crippen LogP contribution < -0.4 is 0 Å². The van der Waals surface area contributed by atoms with Crippen molar-refractivity contribution < 1.29 is 13.6 Å². The number of likely N-dealkylation sites (tertiary alicyclic amines) is 2. The molecule has 0 unspecified atom stereocenters. The van der Waals surface area contributed by atoms with Crippen LogP contribution >= 0.6 is 0 Å². The minimum absolute atomic E-state index is 0.139. The van der Waals surface area contributed by atoms with E-state index in [2.05, 4.69) is 9.88 Å². The summed E-state index contributed by atoms with van der Waals surface area (Å²) in [4.78, 5) is 21.4. The number of rotatable bonds is 5. The van der Waals surface area contributed by atoms with Gasteiger partial charge in [-0.1, -0.05) is 18.6 Å². The highest BCUT2D eigenvalue weighted by atomic mass is 19.1. The number of piperidine rings is 2. The van der Waals surface area contributed by atoms with Gasteiger partial charge in [0.25, 0.3) is 0 Å². The van der Waals surface area contributed by atoms with Crippen LogP contribution in [0, 0.1) is 5.82 Å². The van der Waals surface area contributed by atoms with Crippen molar-refractivity contribution in [1.29, 1.82) is 0 Å². The number of hydrogen-bond donors (Lipinski definition) is 0. The molecule has 2 aliphatic heterocycles. The number of carbonyl (C=O) groups is 1. The van der Waals surface area contributed by atoms with Crippen LogP contribution in [0.5, 0.6) is 0 Å². The van der Waals surface area contributed by atoms with E-state index in [-0.39, 0.29) is 17.6 Å². The topological polar surface area (TPSA) is 49.6 Å². The standard InChI is InChI=1S/C22H28FN3O2/c23-19-8-4-6-17(12-19)13-20-14-24-22(28-20)18-7-5-11-26(15-18)21(27)16-25-9-2-1-3-10-25/h4,6,8,12,14,18H,1-3,5,7,9-11,13,15-16H2/t18-/m1/s1. The number of carbonyl (C=O) groups excluding carboxylic acids is 1. The Morgan fingerprint density at radius 2 is 2.04 bits per heavy atom. The summed E-state index contributed by atoms with van der Waals surface area (Å²) in [5.74, 6) is 1.55. The quantitative estimate of drug-likeness (QED) is 0.789. The van der Waals surface area contributed by atoms with E-state index in [9.17, 15) is 9.18 Å². The van der Waals surface area contributed by atoms with Crippen LogP contribution in [0.1, 0.15) is 55.2 Å². The predicted molar refractivity (Wildman–Crippen MR) is 105 cm³/mol. The summed E-state index contributed by atoms with van der Waals surface area (Å²) in [6, 6.07) is 6.54. The second-order valence-electron chi connectivity index (χ2n) is 7.99. The summed E-state index contributed by atoms with van der Waals surface area (Å²) < 4.78 is 19.3. The minimum atomic E-state index is -0.243. The van der Waals surface area contributed by atoms with Crippen molar-refractivity contribution in [2.24, 2.45) is 0 Å².